The third-order valence-electron chi connectivity index (χ3n) is 2.12. The van der Waals surface area contributed by atoms with Crippen molar-refractivity contribution in [1.82, 2.24) is 5.43 Å². The van der Waals surface area contributed by atoms with E-state index in [-0.39, 0.29) is 0 Å². The van der Waals surface area contributed by atoms with Gasteiger partial charge in [0.2, 0.25) is 0 Å². The van der Waals surface area contributed by atoms with Crippen LogP contribution in [-0.4, -0.2) is 11.7 Å². The average Bonchev–Trinajstić information content (AvgIpc) is 2.18. The van der Waals surface area contributed by atoms with E-state index in [0.717, 1.165) is 22.4 Å². The van der Waals surface area contributed by atoms with Gasteiger partial charge in [0.15, 0.2) is 0 Å². The van der Waals surface area contributed by atoms with Gasteiger partial charge in [-0.1, -0.05) is 17.7 Å². The van der Waals surface area contributed by atoms with Gasteiger partial charge in [0.25, 0.3) is 0 Å². The zero-order chi connectivity index (χ0) is 11.4. The molecule has 0 aliphatic rings. The third kappa shape index (κ3) is 3.09. The Balaban J connectivity index is 2.99. The van der Waals surface area contributed by atoms with Crippen LogP contribution in [0.2, 0.25) is 0 Å². The molecular weight excluding hydrogens is 190 g/mol. The standard InChI is InChI=1S/C11H15N3O/c1-7-4-5-8(2)10(6-7)9(3)13-14-11(12)15/h4-6H,1-3H3,(H3,12,14,15)/b13-9-. The van der Waals surface area contributed by atoms with Crippen LogP contribution in [0.1, 0.15) is 23.6 Å². The van der Waals surface area contributed by atoms with Crippen molar-refractivity contribution in [1.29, 1.82) is 0 Å². The summed E-state index contributed by atoms with van der Waals surface area (Å²) >= 11 is 0. The van der Waals surface area contributed by atoms with Crippen molar-refractivity contribution in [2.75, 3.05) is 0 Å². The summed E-state index contributed by atoms with van der Waals surface area (Å²) in [6.45, 7) is 5.84. The molecule has 1 rings (SSSR count). The number of nitrogens with one attached hydrogen (secondary N) is 1. The number of carbonyl (C=O) groups excluding carboxylic acids is 1. The molecule has 0 unspecified atom stereocenters. The van der Waals surface area contributed by atoms with E-state index in [1.165, 1.54) is 0 Å². The van der Waals surface area contributed by atoms with Crippen LogP contribution in [0.3, 0.4) is 0 Å². The smallest absolute Gasteiger partial charge is 0.332 e. The molecule has 0 aromatic heterocycles. The van der Waals surface area contributed by atoms with Crippen molar-refractivity contribution in [2.24, 2.45) is 10.8 Å². The Labute approximate surface area is 89.2 Å². The highest BCUT2D eigenvalue weighted by Gasteiger charge is 2.02. The average molecular weight is 205 g/mol. The maximum atomic E-state index is 10.5. The summed E-state index contributed by atoms with van der Waals surface area (Å²) in [7, 11) is 0. The highest BCUT2D eigenvalue weighted by Crippen LogP contribution is 2.11. The van der Waals surface area contributed by atoms with Gasteiger partial charge in [0.05, 0.1) is 5.71 Å². The molecule has 4 nitrogen and oxygen atoms in total. The number of hydrazone groups is 1. The van der Waals surface area contributed by atoms with E-state index in [2.05, 4.69) is 10.5 Å². The number of amides is 2. The molecule has 80 valence electrons. The van der Waals surface area contributed by atoms with Crippen molar-refractivity contribution >= 4 is 11.7 Å². The fraction of sp³-hybridized carbons (Fsp3) is 0.273. The topological polar surface area (TPSA) is 67.5 Å². The van der Waals surface area contributed by atoms with Crippen LogP contribution in [-0.2, 0) is 0 Å². The molecule has 0 bridgehead atoms. The predicted octanol–water partition coefficient (Wildman–Crippen LogP) is 1.70. The fourth-order valence-electron chi connectivity index (χ4n) is 1.32. The third-order valence-corrected chi connectivity index (χ3v) is 2.12. The van der Waals surface area contributed by atoms with Crippen molar-refractivity contribution in [2.45, 2.75) is 20.8 Å². The molecule has 1 aromatic rings. The second-order valence-corrected chi connectivity index (χ2v) is 3.49. The zero-order valence-electron chi connectivity index (χ0n) is 9.16. The number of aryl methyl sites for hydroxylation is 2. The minimum Gasteiger partial charge on any atom is -0.350 e. The Kier molecular flexibility index (Phi) is 3.44. The quantitative estimate of drug-likeness (QED) is 0.560. The Hall–Kier alpha value is -1.84. The van der Waals surface area contributed by atoms with Gasteiger partial charge >= 0.3 is 6.03 Å². The molecule has 0 aliphatic heterocycles. The summed E-state index contributed by atoms with van der Waals surface area (Å²) in [6.07, 6.45) is 0. The minimum absolute atomic E-state index is 0.653. The van der Waals surface area contributed by atoms with E-state index in [1.807, 2.05) is 39.0 Å². The van der Waals surface area contributed by atoms with Crippen molar-refractivity contribution in [3.8, 4) is 0 Å². The van der Waals surface area contributed by atoms with Crippen LogP contribution >= 0.6 is 0 Å². The molecule has 0 radical (unpaired) electrons. The molecule has 2 amide bonds. The van der Waals surface area contributed by atoms with E-state index in [1.54, 1.807) is 0 Å². The van der Waals surface area contributed by atoms with Crippen molar-refractivity contribution < 1.29 is 4.79 Å². The lowest BCUT2D eigenvalue weighted by molar-refractivity contribution is 0.249. The highest BCUT2D eigenvalue weighted by atomic mass is 16.2. The summed E-state index contributed by atoms with van der Waals surface area (Å²) < 4.78 is 0. The maximum Gasteiger partial charge on any atom is 0.332 e. The summed E-state index contributed by atoms with van der Waals surface area (Å²) in [4.78, 5) is 10.5. The van der Waals surface area contributed by atoms with Gasteiger partial charge in [0, 0.05) is 5.56 Å². The first-order valence-electron chi connectivity index (χ1n) is 4.68. The molecule has 3 N–H and O–H groups in total. The molecule has 0 saturated heterocycles. The lowest BCUT2D eigenvalue weighted by Crippen LogP contribution is -2.25. The van der Waals surface area contributed by atoms with Crippen molar-refractivity contribution in [3.05, 3.63) is 34.9 Å². The van der Waals surface area contributed by atoms with Crippen LogP contribution < -0.4 is 11.2 Å². The predicted molar refractivity (Wildman–Crippen MR) is 60.8 cm³/mol. The molecule has 4 heteroatoms. The second-order valence-electron chi connectivity index (χ2n) is 3.49. The monoisotopic (exact) mass is 205 g/mol. The van der Waals surface area contributed by atoms with E-state index in [4.69, 9.17) is 5.73 Å². The first-order valence-corrected chi connectivity index (χ1v) is 4.68. The first-order chi connectivity index (χ1) is 7.00. The maximum absolute atomic E-state index is 10.5. The molecule has 0 aliphatic carbocycles. The minimum atomic E-state index is -0.653. The number of nitrogens with zero attached hydrogens (tertiary/aromatic N) is 1. The number of hydrogen-bond donors (Lipinski definition) is 2. The Morgan fingerprint density at radius 1 is 1.40 bits per heavy atom. The number of carbonyl (C=O) groups is 1. The van der Waals surface area contributed by atoms with Crippen molar-refractivity contribution in [3.63, 3.8) is 0 Å². The zero-order valence-corrected chi connectivity index (χ0v) is 9.16. The summed E-state index contributed by atoms with van der Waals surface area (Å²) in [5, 5.41) is 3.89. The lowest BCUT2D eigenvalue weighted by Gasteiger charge is -2.06. The normalized spacial score (nSPS) is 11.3. The molecule has 0 atom stereocenters. The summed E-state index contributed by atoms with van der Waals surface area (Å²) in [5.74, 6) is 0. The van der Waals surface area contributed by atoms with Gasteiger partial charge in [-0.3, -0.25) is 0 Å². The number of nitrogens with two attached hydrogens (primary N) is 1. The van der Waals surface area contributed by atoms with Gasteiger partial charge < -0.3 is 5.73 Å². The van der Waals surface area contributed by atoms with Gasteiger partial charge in [0.1, 0.15) is 0 Å². The van der Waals surface area contributed by atoms with Gasteiger partial charge in [-0.15, -0.1) is 0 Å². The van der Waals surface area contributed by atoms with Crippen LogP contribution in [0.25, 0.3) is 0 Å². The molecule has 0 fully saturated rings. The Bertz CT molecular complexity index is 410. The van der Waals surface area contributed by atoms with Crippen LogP contribution in [0.5, 0.6) is 0 Å². The van der Waals surface area contributed by atoms with Crippen LogP contribution in [0, 0.1) is 13.8 Å². The molecule has 0 spiro atoms. The van der Waals surface area contributed by atoms with Gasteiger partial charge in [-0.25, -0.2) is 10.2 Å². The second kappa shape index (κ2) is 4.59. The Morgan fingerprint density at radius 2 is 2.07 bits per heavy atom. The molecule has 0 heterocycles. The van der Waals surface area contributed by atoms with Gasteiger partial charge in [-0.05, 0) is 32.4 Å². The number of primary amides is 1. The molecular formula is C11H15N3O. The lowest BCUT2D eigenvalue weighted by atomic mass is 10.0. The summed E-state index contributed by atoms with van der Waals surface area (Å²) in [6, 6.07) is 5.43. The van der Waals surface area contributed by atoms with E-state index < -0.39 is 6.03 Å². The van der Waals surface area contributed by atoms with Crippen LogP contribution in [0.15, 0.2) is 23.3 Å². The Morgan fingerprint density at radius 3 is 2.67 bits per heavy atom. The highest BCUT2D eigenvalue weighted by molar-refractivity contribution is 6.00. The molecule has 0 saturated carbocycles. The number of hydrogen-bond acceptors (Lipinski definition) is 2. The van der Waals surface area contributed by atoms with E-state index in [0.29, 0.717) is 0 Å². The fourth-order valence-corrected chi connectivity index (χ4v) is 1.32. The van der Waals surface area contributed by atoms with E-state index in [9.17, 15) is 4.79 Å². The van der Waals surface area contributed by atoms with E-state index >= 15 is 0 Å². The molecule has 1 aromatic carbocycles. The summed E-state index contributed by atoms with van der Waals surface area (Å²) in [5.41, 5.74) is 11.2. The largest absolute Gasteiger partial charge is 0.350 e. The number of rotatable bonds is 2. The number of benzene rings is 1. The van der Waals surface area contributed by atoms with Crippen LogP contribution in [0.4, 0.5) is 4.79 Å². The first kappa shape index (κ1) is 11.2. The number of urea groups is 1. The SMILES string of the molecule is C/C(=N/NC(N)=O)c1cc(C)ccc1C. The van der Waals surface area contributed by atoms with Gasteiger partial charge in [-0.2, -0.15) is 5.10 Å². The molecule has 15 heavy (non-hydrogen) atoms.